The van der Waals surface area contributed by atoms with Crippen LogP contribution >= 0.6 is 0 Å². The molecule has 0 aliphatic carbocycles. The number of rotatable bonds is 5. The molecule has 0 saturated carbocycles. The number of nitrogens with zero attached hydrogens (tertiary/aromatic N) is 3. The number of aromatic nitrogens is 2. The van der Waals surface area contributed by atoms with Crippen molar-refractivity contribution in [3.8, 4) is 0 Å². The number of hydrogen-bond acceptors (Lipinski definition) is 3. The first-order valence-corrected chi connectivity index (χ1v) is 7.51. The lowest BCUT2D eigenvalue weighted by Gasteiger charge is -2.38. The van der Waals surface area contributed by atoms with Crippen molar-refractivity contribution >= 4 is 0 Å². The average molecular weight is 265 g/mol. The first-order valence-electron chi connectivity index (χ1n) is 7.51. The van der Waals surface area contributed by atoms with Crippen LogP contribution in [0, 0.1) is 5.92 Å². The molecule has 0 bridgehead atoms. The van der Waals surface area contributed by atoms with Gasteiger partial charge in [0.25, 0.3) is 0 Å². The minimum Gasteiger partial charge on any atom is -0.382 e. The van der Waals surface area contributed by atoms with E-state index in [0.29, 0.717) is 5.92 Å². The van der Waals surface area contributed by atoms with Crippen LogP contribution in [0.25, 0.3) is 0 Å². The van der Waals surface area contributed by atoms with Gasteiger partial charge < -0.3 is 14.6 Å². The lowest BCUT2D eigenvalue weighted by Crippen LogP contribution is -2.45. The fourth-order valence-corrected chi connectivity index (χ4v) is 2.98. The maximum absolute atomic E-state index is 10.9. The van der Waals surface area contributed by atoms with Crippen molar-refractivity contribution in [1.29, 1.82) is 0 Å². The number of piperidine rings is 1. The molecule has 0 amide bonds. The normalized spacial score (nSPS) is 20.1. The summed E-state index contributed by atoms with van der Waals surface area (Å²) < 4.78 is 2.11. The van der Waals surface area contributed by atoms with Gasteiger partial charge in [-0.25, -0.2) is 4.98 Å². The van der Waals surface area contributed by atoms with E-state index >= 15 is 0 Å². The first kappa shape index (κ1) is 14.5. The van der Waals surface area contributed by atoms with Crippen LogP contribution in [0.4, 0.5) is 0 Å². The maximum Gasteiger partial charge on any atom is 0.140 e. The quantitative estimate of drug-likeness (QED) is 0.887. The minimum absolute atomic E-state index is 0.688. The monoisotopic (exact) mass is 265 g/mol. The molecule has 1 aromatic rings. The molecule has 1 N–H and O–H groups in total. The van der Waals surface area contributed by atoms with Crippen molar-refractivity contribution < 1.29 is 5.11 Å². The highest BCUT2D eigenvalue weighted by atomic mass is 16.3. The van der Waals surface area contributed by atoms with Crippen molar-refractivity contribution in [3.63, 3.8) is 0 Å². The highest BCUT2D eigenvalue weighted by Gasteiger charge is 2.37. The molecular formula is C15H27N3O. The second-order valence-corrected chi connectivity index (χ2v) is 6.17. The lowest BCUT2D eigenvalue weighted by atomic mass is 9.90. The van der Waals surface area contributed by atoms with Crippen molar-refractivity contribution in [2.24, 2.45) is 5.92 Å². The fourth-order valence-electron chi connectivity index (χ4n) is 2.98. The average Bonchev–Trinajstić information content (AvgIpc) is 2.81. The van der Waals surface area contributed by atoms with Crippen molar-refractivity contribution in [2.45, 2.75) is 52.2 Å². The molecule has 4 heteroatoms. The van der Waals surface area contributed by atoms with Crippen molar-refractivity contribution in [3.05, 3.63) is 18.2 Å². The van der Waals surface area contributed by atoms with Gasteiger partial charge in [0, 0.05) is 38.6 Å². The van der Waals surface area contributed by atoms with Gasteiger partial charge in [-0.3, -0.25) is 0 Å². The number of aliphatic hydroxyl groups is 1. The van der Waals surface area contributed by atoms with E-state index in [1.54, 1.807) is 0 Å². The highest BCUT2D eigenvalue weighted by Crippen LogP contribution is 2.32. The van der Waals surface area contributed by atoms with E-state index in [0.717, 1.165) is 51.3 Å². The Morgan fingerprint density at radius 2 is 2.05 bits per heavy atom. The second kappa shape index (κ2) is 6.06. The van der Waals surface area contributed by atoms with Crippen LogP contribution in [0.15, 0.2) is 12.4 Å². The van der Waals surface area contributed by atoms with E-state index in [9.17, 15) is 5.11 Å². The van der Waals surface area contributed by atoms with Crippen molar-refractivity contribution in [1.82, 2.24) is 14.5 Å². The molecule has 19 heavy (non-hydrogen) atoms. The van der Waals surface area contributed by atoms with Gasteiger partial charge in [-0.15, -0.1) is 0 Å². The summed E-state index contributed by atoms with van der Waals surface area (Å²) in [6, 6.07) is 0. The first-order chi connectivity index (χ1) is 9.05. The molecule has 2 rings (SSSR count). The smallest absolute Gasteiger partial charge is 0.140 e. The van der Waals surface area contributed by atoms with Crippen LogP contribution in [-0.4, -0.2) is 39.2 Å². The Hall–Kier alpha value is -0.870. The largest absolute Gasteiger partial charge is 0.382 e. The summed E-state index contributed by atoms with van der Waals surface area (Å²) in [5.74, 6) is 1.55. The Morgan fingerprint density at radius 1 is 1.37 bits per heavy atom. The molecule has 1 fully saturated rings. The summed E-state index contributed by atoms with van der Waals surface area (Å²) in [5.41, 5.74) is -0.730. The molecule has 0 aromatic carbocycles. The predicted octanol–water partition coefficient (Wildman–Crippen LogP) is 2.23. The fraction of sp³-hybridized carbons (Fsp3) is 0.800. The summed E-state index contributed by atoms with van der Waals surface area (Å²) in [7, 11) is 0. The molecule has 0 unspecified atom stereocenters. The van der Waals surface area contributed by atoms with E-state index in [4.69, 9.17) is 0 Å². The second-order valence-electron chi connectivity index (χ2n) is 6.17. The van der Waals surface area contributed by atoms with Crippen LogP contribution in [0.2, 0.25) is 0 Å². The molecule has 2 heterocycles. The Labute approximate surface area is 116 Å². The van der Waals surface area contributed by atoms with Gasteiger partial charge in [0.2, 0.25) is 0 Å². The van der Waals surface area contributed by atoms with Gasteiger partial charge in [-0.05, 0) is 25.2 Å². The lowest BCUT2D eigenvalue weighted by molar-refractivity contribution is -0.0373. The summed E-state index contributed by atoms with van der Waals surface area (Å²) in [5, 5.41) is 10.9. The van der Waals surface area contributed by atoms with Crippen molar-refractivity contribution in [2.75, 3.05) is 19.6 Å². The number of hydrogen-bond donors (Lipinski definition) is 1. The van der Waals surface area contributed by atoms with Crippen LogP contribution in [-0.2, 0) is 12.1 Å². The summed E-state index contributed by atoms with van der Waals surface area (Å²) in [4.78, 5) is 6.86. The minimum atomic E-state index is -0.730. The molecule has 0 atom stereocenters. The van der Waals surface area contributed by atoms with E-state index in [1.165, 1.54) is 0 Å². The Morgan fingerprint density at radius 3 is 2.63 bits per heavy atom. The van der Waals surface area contributed by atoms with Gasteiger partial charge in [0.15, 0.2) is 0 Å². The van der Waals surface area contributed by atoms with Crippen LogP contribution in [0.1, 0.15) is 45.9 Å². The zero-order valence-corrected chi connectivity index (χ0v) is 12.5. The molecule has 0 spiro atoms. The Balaban J connectivity index is 2.02. The molecule has 1 aromatic heterocycles. The third kappa shape index (κ3) is 3.37. The molecule has 108 valence electrons. The number of imidazole rings is 1. The SMILES string of the molecule is CCCn1ccnc1C1(O)CCN(CC(C)C)CC1. The summed E-state index contributed by atoms with van der Waals surface area (Å²) >= 11 is 0. The maximum atomic E-state index is 10.9. The van der Waals surface area contributed by atoms with E-state index < -0.39 is 5.60 Å². The van der Waals surface area contributed by atoms with Crippen LogP contribution in [0.3, 0.4) is 0 Å². The van der Waals surface area contributed by atoms with Crippen LogP contribution in [0.5, 0.6) is 0 Å². The van der Waals surface area contributed by atoms with Gasteiger partial charge in [-0.2, -0.15) is 0 Å². The van der Waals surface area contributed by atoms with Gasteiger partial charge in [0.1, 0.15) is 11.4 Å². The van der Waals surface area contributed by atoms with E-state index in [1.807, 2.05) is 12.4 Å². The third-order valence-electron chi connectivity index (χ3n) is 3.90. The molecule has 1 saturated heterocycles. The van der Waals surface area contributed by atoms with Gasteiger partial charge >= 0.3 is 0 Å². The zero-order valence-electron chi connectivity index (χ0n) is 12.5. The molecule has 0 radical (unpaired) electrons. The summed E-state index contributed by atoms with van der Waals surface area (Å²) in [6.07, 6.45) is 6.44. The highest BCUT2D eigenvalue weighted by molar-refractivity contribution is 5.07. The molecular weight excluding hydrogens is 238 g/mol. The van der Waals surface area contributed by atoms with E-state index in [2.05, 4.69) is 35.2 Å². The number of aryl methyl sites for hydroxylation is 1. The summed E-state index contributed by atoms with van der Waals surface area (Å²) in [6.45, 7) is 10.6. The topological polar surface area (TPSA) is 41.3 Å². The molecule has 1 aliphatic rings. The van der Waals surface area contributed by atoms with Crippen LogP contribution < -0.4 is 0 Å². The predicted molar refractivity (Wildman–Crippen MR) is 76.9 cm³/mol. The number of likely N-dealkylation sites (tertiary alicyclic amines) is 1. The zero-order chi connectivity index (χ0) is 13.9. The van der Waals surface area contributed by atoms with Gasteiger partial charge in [0.05, 0.1) is 0 Å². The third-order valence-corrected chi connectivity index (χ3v) is 3.90. The molecule has 1 aliphatic heterocycles. The Bertz CT molecular complexity index is 392. The standard InChI is InChI=1S/C15H27N3O/c1-4-8-18-11-7-16-14(18)15(19)5-9-17(10-6-15)12-13(2)3/h7,11,13,19H,4-6,8-10,12H2,1-3H3. The molecule has 4 nitrogen and oxygen atoms in total. The Kier molecular flexibility index (Phi) is 4.63. The van der Waals surface area contributed by atoms with Gasteiger partial charge in [-0.1, -0.05) is 20.8 Å². The van der Waals surface area contributed by atoms with E-state index in [-0.39, 0.29) is 0 Å².